The number of hydrogen-bond donors (Lipinski definition) is 3. The molecule has 2 aromatic rings. The third-order valence-electron chi connectivity index (χ3n) is 5.05. The summed E-state index contributed by atoms with van der Waals surface area (Å²) in [5, 5.41) is 13.1. The quantitative estimate of drug-likeness (QED) is 0.595. The van der Waals surface area contributed by atoms with Gasteiger partial charge in [0, 0.05) is 25.7 Å². The van der Waals surface area contributed by atoms with Crippen LogP contribution in [0.15, 0.2) is 35.3 Å². The summed E-state index contributed by atoms with van der Waals surface area (Å²) in [6.07, 6.45) is -1.64. The number of amides is 1. The summed E-state index contributed by atoms with van der Waals surface area (Å²) in [7, 11) is 0. The number of hydrogen-bond acceptors (Lipinski definition) is 4. The van der Waals surface area contributed by atoms with E-state index in [1.54, 1.807) is 23.8 Å². The second-order valence-electron chi connectivity index (χ2n) is 7.58. The van der Waals surface area contributed by atoms with Crippen LogP contribution >= 0.6 is 0 Å². The van der Waals surface area contributed by atoms with Gasteiger partial charge in [0.2, 0.25) is 0 Å². The van der Waals surface area contributed by atoms with Gasteiger partial charge in [0.05, 0.1) is 5.56 Å². The zero-order valence-electron chi connectivity index (χ0n) is 18.1. The van der Waals surface area contributed by atoms with Crippen LogP contribution in [-0.2, 0) is 17.5 Å². The molecule has 0 radical (unpaired) electrons. The molecule has 2 heterocycles. The van der Waals surface area contributed by atoms with E-state index in [2.05, 4.69) is 10.6 Å². The molecule has 1 amide bonds. The van der Waals surface area contributed by atoms with Crippen LogP contribution in [0.3, 0.4) is 0 Å². The molecule has 0 bridgehead atoms. The molecule has 1 saturated heterocycles. The minimum Gasteiger partial charge on any atom is -0.481 e. The monoisotopic (exact) mass is 471 g/mol. The number of rotatable bonds is 4. The highest BCUT2D eigenvalue weighted by Crippen LogP contribution is 2.31. The molecule has 0 aliphatic carbocycles. The number of carbonyl (C=O) groups excluding carboxylic acids is 1. The molecule has 0 unspecified atom stereocenters. The number of carboxylic acids is 1. The van der Waals surface area contributed by atoms with E-state index >= 15 is 0 Å². The van der Waals surface area contributed by atoms with E-state index in [4.69, 9.17) is 9.90 Å². The van der Waals surface area contributed by atoms with Crippen LogP contribution in [0.5, 0.6) is 0 Å². The van der Waals surface area contributed by atoms with Gasteiger partial charge in [-0.05, 0) is 62.2 Å². The lowest BCUT2D eigenvalue weighted by Gasteiger charge is -2.25. The van der Waals surface area contributed by atoms with Crippen molar-refractivity contribution >= 4 is 11.9 Å². The van der Waals surface area contributed by atoms with E-state index in [1.165, 1.54) is 0 Å². The Kier molecular flexibility index (Phi) is 8.75. The number of nitrogens with one attached hydrogen (secondary N) is 2. The number of nitrogens with zero attached hydrogens (tertiary/aromatic N) is 1. The van der Waals surface area contributed by atoms with Crippen molar-refractivity contribution in [1.29, 1.82) is 0 Å². The molecule has 11 heteroatoms. The molecule has 180 valence electrons. The van der Waals surface area contributed by atoms with Crippen molar-refractivity contribution in [3.05, 3.63) is 68.9 Å². The fraction of sp³-hybridized carbons (Fsp3) is 0.409. The van der Waals surface area contributed by atoms with Crippen molar-refractivity contribution in [3.63, 3.8) is 0 Å². The lowest BCUT2D eigenvalue weighted by Crippen LogP contribution is -2.38. The minimum atomic E-state index is -4.83. The summed E-state index contributed by atoms with van der Waals surface area (Å²) in [6.45, 7) is 4.00. The first kappa shape index (κ1) is 26.0. The van der Waals surface area contributed by atoms with Gasteiger partial charge in [0.15, 0.2) is 0 Å². The van der Waals surface area contributed by atoms with E-state index in [0.717, 1.165) is 38.9 Å². The molecule has 1 fully saturated rings. The molecule has 7 nitrogen and oxygen atoms in total. The van der Waals surface area contributed by atoms with E-state index in [9.17, 15) is 27.2 Å². The molecule has 0 saturated carbocycles. The molecule has 1 aliphatic rings. The summed E-state index contributed by atoms with van der Waals surface area (Å²) >= 11 is 0. The van der Waals surface area contributed by atoms with Crippen LogP contribution in [0.4, 0.5) is 17.6 Å². The number of piperidine rings is 1. The Labute approximate surface area is 187 Å². The Balaban J connectivity index is 0.000000890. The molecule has 0 atom stereocenters. The lowest BCUT2D eigenvalue weighted by molar-refractivity contribution is -0.140. The van der Waals surface area contributed by atoms with Crippen LogP contribution in [0.2, 0.25) is 0 Å². The maximum absolute atomic E-state index is 13.4. The minimum absolute atomic E-state index is 0.0117. The highest BCUT2D eigenvalue weighted by Gasteiger charge is 2.34. The fourth-order valence-corrected chi connectivity index (χ4v) is 3.46. The summed E-state index contributed by atoms with van der Waals surface area (Å²) in [5.41, 5.74) is -1.30. The largest absolute Gasteiger partial charge is 0.481 e. The Bertz CT molecular complexity index is 1060. The third kappa shape index (κ3) is 7.14. The lowest BCUT2D eigenvalue weighted by atomic mass is 10.0. The second-order valence-corrected chi connectivity index (χ2v) is 7.58. The Morgan fingerprint density at radius 3 is 2.39 bits per heavy atom. The topological polar surface area (TPSA) is 100 Å². The van der Waals surface area contributed by atoms with E-state index < -0.39 is 35.0 Å². The maximum atomic E-state index is 13.4. The number of halogens is 4. The first-order valence-electron chi connectivity index (χ1n) is 10.2. The van der Waals surface area contributed by atoms with E-state index in [0.29, 0.717) is 17.7 Å². The molecule has 1 aliphatic heterocycles. The first-order valence-corrected chi connectivity index (χ1v) is 10.2. The van der Waals surface area contributed by atoms with Crippen molar-refractivity contribution in [2.45, 2.75) is 45.5 Å². The highest BCUT2D eigenvalue weighted by atomic mass is 19.4. The van der Waals surface area contributed by atoms with Gasteiger partial charge in [-0.2, -0.15) is 13.2 Å². The van der Waals surface area contributed by atoms with Gasteiger partial charge in [-0.3, -0.25) is 14.4 Å². The fourth-order valence-electron chi connectivity index (χ4n) is 3.46. The predicted molar refractivity (Wildman–Crippen MR) is 112 cm³/mol. The summed E-state index contributed by atoms with van der Waals surface area (Å²) in [6, 6.07) is 4.19. The predicted octanol–water partition coefficient (Wildman–Crippen LogP) is 3.26. The first-order chi connectivity index (χ1) is 15.4. The average molecular weight is 471 g/mol. The molecular weight excluding hydrogens is 446 g/mol. The molecular formula is C22H25F4N3O4. The molecule has 33 heavy (non-hydrogen) atoms. The van der Waals surface area contributed by atoms with Gasteiger partial charge in [-0.1, -0.05) is 6.07 Å². The summed E-state index contributed by atoms with van der Waals surface area (Å²) < 4.78 is 53.5. The van der Waals surface area contributed by atoms with Crippen LogP contribution in [-0.4, -0.2) is 34.6 Å². The molecule has 3 N–H and O–H groups in total. The van der Waals surface area contributed by atoms with Crippen LogP contribution in [0, 0.1) is 12.7 Å². The smallest absolute Gasteiger partial charge is 0.419 e. The number of alkyl halides is 3. The maximum Gasteiger partial charge on any atom is 0.419 e. The standard InChI is InChI=1S/C20H21F4N3O2.C2H4O2/c1-12-6-9-27(14-4-7-25-8-5-14)19(29)17(12)18(28)26-11-13-2-3-16(21)15(10-13)20(22,23)24;1-2(3)4/h2-3,6,9-10,14,25H,4-5,7-8,11H2,1H3,(H,26,28);1H3,(H,3,4). The van der Waals surface area contributed by atoms with Crippen LogP contribution < -0.4 is 16.2 Å². The number of pyridine rings is 1. The van der Waals surface area contributed by atoms with Gasteiger partial charge < -0.3 is 20.3 Å². The number of benzene rings is 1. The van der Waals surface area contributed by atoms with Crippen molar-refractivity contribution in [3.8, 4) is 0 Å². The Morgan fingerprint density at radius 1 is 1.21 bits per heavy atom. The molecule has 3 rings (SSSR count). The Morgan fingerprint density at radius 2 is 1.82 bits per heavy atom. The van der Waals surface area contributed by atoms with Gasteiger partial charge in [0.25, 0.3) is 17.4 Å². The van der Waals surface area contributed by atoms with Gasteiger partial charge in [0.1, 0.15) is 11.4 Å². The normalized spacial score (nSPS) is 14.2. The molecule has 1 aromatic heterocycles. The number of carboxylic acid groups (broad SMARTS) is 1. The van der Waals surface area contributed by atoms with Crippen LogP contribution in [0.1, 0.15) is 52.9 Å². The zero-order valence-corrected chi connectivity index (χ0v) is 18.1. The van der Waals surface area contributed by atoms with Gasteiger partial charge in [-0.15, -0.1) is 0 Å². The molecule has 1 aromatic carbocycles. The summed E-state index contributed by atoms with van der Waals surface area (Å²) in [5.74, 6) is -2.88. The zero-order chi connectivity index (χ0) is 24.8. The van der Waals surface area contributed by atoms with Crippen molar-refractivity contribution in [2.75, 3.05) is 13.1 Å². The van der Waals surface area contributed by atoms with Crippen molar-refractivity contribution < 1.29 is 32.3 Å². The SMILES string of the molecule is CC(=O)O.Cc1ccn(C2CCNCC2)c(=O)c1C(=O)NCc1ccc(F)c(C(F)(F)F)c1. The molecule has 0 spiro atoms. The number of carbonyl (C=O) groups is 2. The average Bonchev–Trinajstić information content (AvgIpc) is 2.72. The van der Waals surface area contributed by atoms with Crippen LogP contribution in [0.25, 0.3) is 0 Å². The Hall–Kier alpha value is -3.21. The third-order valence-corrected chi connectivity index (χ3v) is 5.05. The number of aromatic nitrogens is 1. The number of aliphatic carboxylic acids is 1. The van der Waals surface area contributed by atoms with Gasteiger partial charge in [-0.25, -0.2) is 4.39 Å². The van der Waals surface area contributed by atoms with Crippen molar-refractivity contribution in [1.82, 2.24) is 15.2 Å². The van der Waals surface area contributed by atoms with Crippen molar-refractivity contribution in [2.24, 2.45) is 0 Å². The van der Waals surface area contributed by atoms with E-state index in [1.807, 2.05) is 0 Å². The number of aryl methyl sites for hydroxylation is 1. The highest BCUT2D eigenvalue weighted by molar-refractivity contribution is 5.95. The summed E-state index contributed by atoms with van der Waals surface area (Å²) in [4.78, 5) is 34.5. The second kappa shape index (κ2) is 11.1. The van der Waals surface area contributed by atoms with E-state index in [-0.39, 0.29) is 23.7 Å². The van der Waals surface area contributed by atoms with Gasteiger partial charge >= 0.3 is 6.18 Å².